The van der Waals surface area contributed by atoms with Gasteiger partial charge in [-0.1, -0.05) is 42.1 Å². The Morgan fingerprint density at radius 2 is 2.13 bits per heavy atom. The molecule has 4 heteroatoms. The van der Waals surface area contributed by atoms with Gasteiger partial charge in [0.2, 0.25) is 6.41 Å². The predicted octanol–water partition coefficient (Wildman–Crippen LogP) is 1.51. The van der Waals surface area contributed by atoms with Crippen LogP contribution < -0.4 is 0 Å². The van der Waals surface area contributed by atoms with E-state index in [1.807, 2.05) is 30.3 Å². The van der Waals surface area contributed by atoms with Crippen LogP contribution in [0.4, 0.5) is 0 Å². The van der Waals surface area contributed by atoms with Gasteiger partial charge in [-0.05, 0) is 11.0 Å². The minimum atomic E-state index is -1.03. The van der Waals surface area contributed by atoms with Gasteiger partial charge in [0.15, 0.2) is 4.93 Å². The summed E-state index contributed by atoms with van der Waals surface area (Å²) < 4.78 is 0. The second-order valence-electron chi connectivity index (χ2n) is 3.33. The van der Waals surface area contributed by atoms with E-state index in [-0.39, 0.29) is 6.54 Å². The molecular weight excluding hydrogens is 210 g/mol. The Bertz CT molecular complexity index is 379. The number of hydrogen-bond acceptors (Lipinski definition) is 3. The van der Waals surface area contributed by atoms with Crippen molar-refractivity contribution in [3.63, 3.8) is 0 Å². The third-order valence-electron chi connectivity index (χ3n) is 2.27. The number of hydrogen-bond donors (Lipinski definition) is 1. The summed E-state index contributed by atoms with van der Waals surface area (Å²) in [5.74, 6) is 0. The molecule has 2 rings (SSSR count). The van der Waals surface area contributed by atoms with Crippen molar-refractivity contribution >= 4 is 18.2 Å². The summed E-state index contributed by atoms with van der Waals surface area (Å²) in [7, 11) is 0. The summed E-state index contributed by atoms with van der Waals surface area (Å²) in [6.45, 7) is 0.279. The molecule has 0 radical (unpaired) electrons. The second kappa shape index (κ2) is 4.08. The first-order valence-electron chi connectivity index (χ1n) is 4.58. The van der Waals surface area contributed by atoms with Gasteiger partial charge in [-0.3, -0.25) is 4.79 Å². The van der Waals surface area contributed by atoms with Crippen molar-refractivity contribution in [2.24, 2.45) is 0 Å². The Morgan fingerprint density at radius 3 is 2.80 bits per heavy atom. The number of amides is 1. The van der Waals surface area contributed by atoms with E-state index < -0.39 is 4.93 Å². The van der Waals surface area contributed by atoms with Crippen LogP contribution >= 0.6 is 11.8 Å². The fraction of sp³-hybridized carbons (Fsp3) is 0.182. The third-order valence-corrected chi connectivity index (χ3v) is 3.29. The number of benzene rings is 1. The van der Waals surface area contributed by atoms with Crippen molar-refractivity contribution in [3.8, 4) is 0 Å². The summed E-state index contributed by atoms with van der Waals surface area (Å²) in [4.78, 5) is 11.0. The lowest BCUT2D eigenvalue weighted by Crippen LogP contribution is -2.37. The number of rotatable bonds is 2. The molecule has 78 valence electrons. The molecule has 0 spiro atoms. The number of aliphatic hydroxyl groups is 1. The Morgan fingerprint density at radius 1 is 1.40 bits per heavy atom. The van der Waals surface area contributed by atoms with Crippen molar-refractivity contribution in [3.05, 3.63) is 47.5 Å². The molecule has 0 aromatic heterocycles. The van der Waals surface area contributed by atoms with E-state index in [4.69, 9.17) is 0 Å². The van der Waals surface area contributed by atoms with Gasteiger partial charge in [0.1, 0.15) is 0 Å². The van der Waals surface area contributed by atoms with Gasteiger partial charge < -0.3 is 10.0 Å². The smallest absolute Gasteiger partial charge is 0.213 e. The van der Waals surface area contributed by atoms with Crippen LogP contribution in [0.25, 0.3) is 0 Å². The van der Waals surface area contributed by atoms with E-state index in [0.717, 1.165) is 5.56 Å². The maximum absolute atomic E-state index is 10.6. The number of carbonyl (C=O) groups is 1. The summed E-state index contributed by atoms with van der Waals surface area (Å²) in [6, 6.07) is 9.35. The standard InChI is InChI=1S/C11H11NO2S/c13-9-12-6-7-15-11(14,8-12)10-4-2-1-3-5-10/h1-7,9,14H,8H2/t11-/m0/s1. The van der Waals surface area contributed by atoms with E-state index in [1.165, 1.54) is 16.7 Å². The minimum absolute atomic E-state index is 0.279. The van der Waals surface area contributed by atoms with Crippen molar-refractivity contribution in [2.75, 3.05) is 6.54 Å². The van der Waals surface area contributed by atoms with Crippen LogP contribution in [0, 0.1) is 0 Å². The Labute approximate surface area is 92.4 Å². The second-order valence-corrected chi connectivity index (χ2v) is 4.51. The first-order chi connectivity index (χ1) is 7.24. The quantitative estimate of drug-likeness (QED) is 0.769. The van der Waals surface area contributed by atoms with Gasteiger partial charge in [0.05, 0.1) is 6.54 Å². The Kier molecular flexibility index (Phi) is 2.79. The molecule has 1 N–H and O–H groups in total. The van der Waals surface area contributed by atoms with E-state index >= 15 is 0 Å². The highest BCUT2D eigenvalue weighted by molar-refractivity contribution is 8.02. The molecule has 15 heavy (non-hydrogen) atoms. The maximum atomic E-state index is 10.6. The largest absolute Gasteiger partial charge is 0.373 e. The van der Waals surface area contributed by atoms with E-state index in [2.05, 4.69) is 0 Å². The van der Waals surface area contributed by atoms with Crippen LogP contribution in [0.1, 0.15) is 5.56 Å². The maximum Gasteiger partial charge on any atom is 0.213 e. The zero-order chi connectivity index (χ0) is 10.7. The number of β-amino-alcohol motifs (C(OH)–C–C–N with tert-alkyl or cyclic N) is 1. The van der Waals surface area contributed by atoms with Crippen molar-refractivity contribution < 1.29 is 9.90 Å². The molecule has 0 unspecified atom stereocenters. The highest BCUT2D eigenvalue weighted by Crippen LogP contribution is 2.37. The van der Waals surface area contributed by atoms with Crippen LogP contribution in [0.3, 0.4) is 0 Å². The van der Waals surface area contributed by atoms with E-state index in [9.17, 15) is 9.90 Å². The molecule has 3 nitrogen and oxygen atoms in total. The van der Waals surface area contributed by atoms with Gasteiger partial charge in [-0.15, -0.1) is 0 Å². The van der Waals surface area contributed by atoms with Gasteiger partial charge in [-0.25, -0.2) is 0 Å². The SMILES string of the molecule is O=CN1C=CS[C@](O)(c2ccccc2)C1. The Balaban J connectivity index is 2.28. The molecule has 1 aliphatic rings. The molecule has 0 saturated heterocycles. The van der Waals surface area contributed by atoms with Crippen LogP contribution in [0.5, 0.6) is 0 Å². The minimum Gasteiger partial charge on any atom is -0.373 e. The molecular formula is C11H11NO2S. The number of thioether (sulfide) groups is 1. The van der Waals surface area contributed by atoms with Gasteiger partial charge in [0.25, 0.3) is 0 Å². The predicted molar refractivity (Wildman–Crippen MR) is 59.8 cm³/mol. The molecule has 1 amide bonds. The molecule has 1 aromatic rings. The highest BCUT2D eigenvalue weighted by Gasteiger charge is 2.33. The lowest BCUT2D eigenvalue weighted by Gasteiger charge is -2.33. The zero-order valence-corrected chi connectivity index (χ0v) is 8.85. The molecule has 1 aliphatic heterocycles. The fourth-order valence-electron chi connectivity index (χ4n) is 1.49. The Hall–Kier alpha value is -1.26. The molecule has 0 bridgehead atoms. The van der Waals surface area contributed by atoms with Crippen LogP contribution in [0.15, 0.2) is 41.9 Å². The van der Waals surface area contributed by atoms with E-state index in [0.29, 0.717) is 6.41 Å². The number of nitrogens with zero attached hydrogens (tertiary/aromatic N) is 1. The third kappa shape index (κ3) is 2.06. The molecule has 0 aliphatic carbocycles. The van der Waals surface area contributed by atoms with Crippen molar-refractivity contribution in [2.45, 2.75) is 4.93 Å². The van der Waals surface area contributed by atoms with Gasteiger partial charge in [-0.2, -0.15) is 0 Å². The molecule has 1 atom stereocenters. The van der Waals surface area contributed by atoms with Crippen molar-refractivity contribution in [1.29, 1.82) is 0 Å². The summed E-state index contributed by atoms with van der Waals surface area (Å²) in [6.07, 6.45) is 2.37. The molecule has 0 fully saturated rings. The van der Waals surface area contributed by atoms with Crippen LogP contribution in [-0.2, 0) is 9.73 Å². The zero-order valence-electron chi connectivity index (χ0n) is 8.04. The first-order valence-corrected chi connectivity index (χ1v) is 5.46. The normalized spacial score (nSPS) is 25.3. The average Bonchev–Trinajstić information content (AvgIpc) is 2.30. The lowest BCUT2D eigenvalue weighted by atomic mass is 10.1. The fourth-order valence-corrected chi connectivity index (χ4v) is 2.43. The van der Waals surface area contributed by atoms with Crippen LogP contribution in [-0.4, -0.2) is 23.0 Å². The summed E-state index contributed by atoms with van der Waals surface area (Å²) in [5.41, 5.74) is 0.811. The van der Waals surface area contributed by atoms with Gasteiger partial charge >= 0.3 is 0 Å². The highest BCUT2D eigenvalue weighted by atomic mass is 32.2. The topological polar surface area (TPSA) is 40.5 Å². The van der Waals surface area contributed by atoms with Crippen molar-refractivity contribution in [1.82, 2.24) is 4.90 Å². The van der Waals surface area contributed by atoms with Crippen LogP contribution in [0.2, 0.25) is 0 Å². The summed E-state index contributed by atoms with van der Waals surface area (Å²) >= 11 is 1.31. The lowest BCUT2D eigenvalue weighted by molar-refractivity contribution is -0.117. The number of carbonyl (C=O) groups excluding carboxylic acids is 1. The molecule has 1 heterocycles. The molecule has 0 saturated carbocycles. The first kappa shape index (κ1) is 10.3. The molecule has 1 aromatic carbocycles. The summed E-state index contributed by atoms with van der Waals surface area (Å²) in [5, 5.41) is 12.1. The monoisotopic (exact) mass is 221 g/mol. The average molecular weight is 221 g/mol. The van der Waals surface area contributed by atoms with Gasteiger partial charge in [0, 0.05) is 6.20 Å². The van der Waals surface area contributed by atoms with E-state index in [1.54, 1.807) is 11.6 Å².